The van der Waals surface area contributed by atoms with Crippen LogP contribution in [0.5, 0.6) is 0 Å². The summed E-state index contributed by atoms with van der Waals surface area (Å²) in [5.74, 6) is 3.14. The second-order valence-corrected chi connectivity index (χ2v) is 6.72. The number of thiophene rings is 1. The summed E-state index contributed by atoms with van der Waals surface area (Å²) in [5, 5.41) is 16.2. The predicted octanol–water partition coefficient (Wildman–Crippen LogP) is 3.45. The highest BCUT2D eigenvalue weighted by Gasteiger charge is 2.16. The first-order valence-electron chi connectivity index (χ1n) is 7.10. The SMILES string of the molecule is C#CCN(Cc1ccco1)C(=O)Nc1nnc(Cc2ccsc2)s1. The van der Waals surface area contributed by atoms with E-state index in [9.17, 15) is 4.79 Å². The highest BCUT2D eigenvalue weighted by Crippen LogP contribution is 2.20. The van der Waals surface area contributed by atoms with Gasteiger partial charge in [-0.05, 0) is 34.5 Å². The van der Waals surface area contributed by atoms with E-state index in [2.05, 4.69) is 26.8 Å². The molecule has 24 heavy (non-hydrogen) atoms. The van der Waals surface area contributed by atoms with Crippen LogP contribution in [-0.4, -0.2) is 27.7 Å². The summed E-state index contributed by atoms with van der Waals surface area (Å²) in [6.45, 7) is 0.469. The second-order valence-electron chi connectivity index (χ2n) is 4.88. The van der Waals surface area contributed by atoms with Gasteiger partial charge in [0.1, 0.15) is 10.8 Å². The topological polar surface area (TPSA) is 71.3 Å². The van der Waals surface area contributed by atoms with Crippen LogP contribution in [0.1, 0.15) is 16.3 Å². The number of carbonyl (C=O) groups is 1. The van der Waals surface area contributed by atoms with Gasteiger partial charge < -0.3 is 9.32 Å². The summed E-state index contributed by atoms with van der Waals surface area (Å²) in [4.78, 5) is 13.8. The Hall–Kier alpha value is -2.63. The van der Waals surface area contributed by atoms with Gasteiger partial charge in [-0.1, -0.05) is 17.3 Å². The highest BCUT2D eigenvalue weighted by molar-refractivity contribution is 7.15. The first kappa shape index (κ1) is 16.2. The average molecular weight is 358 g/mol. The molecule has 3 rings (SSSR count). The molecular weight excluding hydrogens is 344 g/mol. The van der Waals surface area contributed by atoms with Crippen LogP contribution in [0.25, 0.3) is 0 Å². The van der Waals surface area contributed by atoms with Gasteiger partial charge in [0, 0.05) is 6.42 Å². The first-order valence-corrected chi connectivity index (χ1v) is 8.86. The lowest BCUT2D eigenvalue weighted by molar-refractivity contribution is 0.211. The van der Waals surface area contributed by atoms with E-state index in [1.165, 1.54) is 21.8 Å². The van der Waals surface area contributed by atoms with Crippen molar-refractivity contribution in [1.82, 2.24) is 15.1 Å². The molecular formula is C16H14N4O2S2. The summed E-state index contributed by atoms with van der Waals surface area (Å²) in [6.07, 6.45) is 7.61. The number of carbonyl (C=O) groups excluding carboxylic acids is 1. The molecule has 3 aromatic rings. The quantitative estimate of drug-likeness (QED) is 0.685. The smallest absolute Gasteiger partial charge is 0.324 e. The average Bonchev–Trinajstić information content (AvgIpc) is 3.31. The number of rotatable bonds is 6. The van der Waals surface area contributed by atoms with E-state index in [1.807, 2.05) is 11.4 Å². The Bertz CT molecular complexity index is 819. The fourth-order valence-electron chi connectivity index (χ4n) is 2.01. The second kappa shape index (κ2) is 7.77. The number of hydrogen-bond acceptors (Lipinski definition) is 6. The number of terminal acetylenes is 1. The third-order valence-corrected chi connectivity index (χ3v) is 4.68. The zero-order valence-electron chi connectivity index (χ0n) is 12.6. The van der Waals surface area contributed by atoms with Crippen molar-refractivity contribution in [1.29, 1.82) is 0 Å². The summed E-state index contributed by atoms with van der Waals surface area (Å²) in [7, 11) is 0. The number of nitrogens with one attached hydrogen (secondary N) is 1. The normalized spacial score (nSPS) is 10.3. The molecule has 0 saturated carbocycles. The minimum absolute atomic E-state index is 0.174. The number of hydrogen-bond donors (Lipinski definition) is 1. The largest absolute Gasteiger partial charge is 0.467 e. The fourth-order valence-corrected chi connectivity index (χ4v) is 3.45. The van der Waals surface area contributed by atoms with Crippen molar-refractivity contribution in [3.63, 3.8) is 0 Å². The standard InChI is InChI=1S/C16H14N4O2S2/c1-2-6-20(10-13-4-3-7-22-13)16(21)17-15-19-18-14(24-15)9-12-5-8-23-11-12/h1,3-5,7-8,11H,6,9-10H2,(H,17,19,21). The van der Waals surface area contributed by atoms with Crippen molar-refractivity contribution in [2.75, 3.05) is 11.9 Å². The van der Waals surface area contributed by atoms with Gasteiger partial charge in [0.25, 0.3) is 0 Å². The number of furan rings is 1. The summed E-state index contributed by atoms with van der Waals surface area (Å²) in [5.41, 5.74) is 1.18. The maximum Gasteiger partial charge on any atom is 0.324 e. The molecule has 0 atom stereocenters. The highest BCUT2D eigenvalue weighted by atomic mass is 32.1. The fraction of sp³-hybridized carbons (Fsp3) is 0.188. The van der Waals surface area contributed by atoms with Crippen molar-refractivity contribution >= 4 is 33.8 Å². The Kier molecular flexibility index (Phi) is 5.25. The van der Waals surface area contributed by atoms with Gasteiger partial charge in [-0.3, -0.25) is 5.32 Å². The molecule has 6 nitrogen and oxygen atoms in total. The first-order chi connectivity index (χ1) is 11.7. The van der Waals surface area contributed by atoms with Crippen LogP contribution in [0.15, 0.2) is 39.6 Å². The lowest BCUT2D eigenvalue weighted by Crippen LogP contribution is -2.34. The van der Waals surface area contributed by atoms with E-state index in [0.29, 0.717) is 23.9 Å². The lowest BCUT2D eigenvalue weighted by atomic mass is 10.3. The number of amides is 2. The minimum atomic E-state index is -0.331. The monoisotopic (exact) mass is 358 g/mol. The van der Waals surface area contributed by atoms with Crippen LogP contribution in [0.3, 0.4) is 0 Å². The molecule has 0 saturated heterocycles. The zero-order valence-corrected chi connectivity index (χ0v) is 14.3. The number of urea groups is 1. The molecule has 0 aliphatic rings. The van der Waals surface area contributed by atoms with Crippen LogP contribution in [0, 0.1) is 12.3 Å². The van der Waals surface area contributed by atoms with Crippen molar-refractivity contribution in [3.8, 4) is 12.3 Å². The summed E-state index contributed by atoms with van der Waals surface area (Å²) < 4.78 is 5.26. The van der Waals surface area contributed by atoms with Crippen molar-refractivity contribution in [2.45, 2.75) is 13.0 Å². The number of aromatic nitrogens is 2. The molecule has 0 radical (unpaired) electrons. The molecule has 3 aromatic heterocycles. The third-order valence-electron chi connectivity index (χ3n) is 3.11. The molecule has 0 fully saturated rings. The van der Waals surface area contributed by atoms with E-state index in [0.717, 1.165) is 5.01 Å². The van der Waals surface area contributed by atoms with Crippen molar-refractivity contribution in [2.24, 2.45) is 0 Å². The van der Waals surface area contributed by atoms with E-state index in [4.69, 9.17) is 10.8 Å². The molecule has 1 N–H and O–H groups in total. The zero-order chi connectivity index (χ0) is 16.8. The summed E-state index contributed by atoms with van der Waals surface area (Å²) in [6, 6.07) is 5.27. The van der Waals surface area contributed by atoms with E-state index in [-0.39, 0.29) is 12.6 Å². The minimum Gasteiger partial charge on any atom is -0.467 e. The van der Waals surface area contributed by atoms with Gasteiger partial charge in [-0.2, -0.15) is 11.3 Å². The molecule has 0 aromatic carbocycles. The van der Waals surface area contributed by atoms with Gasteiger partial charge in [-0.15, -0.1) is 16.6 Å². The molecule has 0 spiro atoms. The Balaban J connectivity index is 1.62. The molecule has 0 aliphatic carbocycles. The molecule has 0 unspecified atom stereocenters. The van der Waals surface area contributed by atoms with Gasteiger partial charge in [0.05, 0.1) is 19.4 Å². The van der Waals surface area contributed by atoms with Gasteiger partial charge in [0.2, 0.25) is 5.13 Å². The van der Waals surface area contributed by atoms with Crippen LogP contribution < -0.4 is 5.32 Å². The molecule has 3 heterocycles. The molecule has 0 aliphatic heterocycles. The molecule has 0 bridgehead atoms. The maximum atomic E-state index is 12.4. The van der Waals surface area contributed by atoms with Crippen molar-refractivity contribution < 1.29 is 9.21 Å². The van der Waals surface area contributed by atoms with Crippen LogP contribution in [0.2, 0.25) is 0 Å². The van der Waals surface area contributed by atoms with Crippen molar-refractivity contribution in [3.05, 3.63) is 51.6 Å². The van der Waals surface area contributed by atoms with Crippen LogP contribution >= 0.6 is 22.7 Å². The Morgan fingerprint density at radius 3 is 3.04 bits per heavy atom. The van der Waals surface area contributed by atoms with Crippen LogP contribution in [-0.2, 0) is 13.0 Å². The molecule has 122 valence electrons. The number of anilines is 1. The molecule has 2 amide bonds. The van der Waals surface area contributed by atoms with E-state index >= 15 is 0 Å². The van der Waals surface area contributed by atoms with E-state index < -0.39 is 0 Å². The maximum absolute atomic E-state index is 12.4. The third kappa shape index (κ3) is 4.22. The van der Waals surface area contributed by atoms with Gasteiger partial charge in [-0.25, -0.2) is 4.79 Å². The van der Waals surface area contributed by atoms with E-state index in [1.54, 1.807) is 29.7 Å². The Labute approximate surface area is 147 Å². The predicted molar refractivity (Wildman–Crippen MR) is 94.0 cm³/mol. The lowest BCUT2D eigenvalue weighted by Gasteiger charge is -2.18. The van der Waals surface area contributed by atoms with Gasteiger partial charge >= 0.3 is 6.03 Å². The summed E-state index contributed by atoms with van der Waals surface area (Å²) >= 11 is 2.99. The van der Waals surface area contributed by atoms with Gasteiger partial charge in [0.15, 0.2) is 0 Å². The number of nitrogens with zero attached hydrogens (tertiary/aromatic N) is 3. The molecule has 8 heteroatoms. The Morgan fingerprint density at radius 1 is 1.42 bits per heavy atom. The Morgan fingerprint density at radius 2 is 2.33 bits per heavy atom. The van der Waals surface area contributed by atoms with Crippen LogP contribution in [0.4, 0.5) is 9.93 Å².